The molecule has 140 valence electrons. The fraction of sp³-hybridized carbons (Fsp3) is 0.444. The molecule has 1 fully saturated rings. The highest BCUT2D eigenvalue weighted by molar-refractivity contribution is 7.92. The van der Waals surface area contributed by atoms with Gasteiger partial charge in [0.1, 0.15) is 5.69 Å². The molecule has 1 N–H and O–H groups in total. The standard InChI is InChI=1S/C18H23N3O4S/c1-13-17(14(2)25-19-13)26(23,24)20-16-10-6-5-9-15(16)18(22)21-11-7-3-4-8-12-21/h5-6,9-10,20H,3-4,7-8,11-12H2,1-2H3. The monoisotopic (exact) mass is 377 g/mol. The number of hydrogen-bond donors (Lipinski definition) is 1. The Bertz CT molecular complexity index is 877. The third kappa shape index (κ3) is 3.75. The van der Waals surface area contributed by atoms with Crippen LogP contribution in [-0.4, -0.2) is 37.5 Å². The van der Waals surface area contributed by atoms with Crippen LogP contribution in [0.25, 0.3) is 0 Å². The second-order valence-electron chi connectivity index (χ2n) is 6.51. The summed E-state index contributed by atoms with van der Waals surface area (Å²) in [5, 5.41) is 3.70. The maximum atomic E-state index is 12.9. The number of para-hydroxylation sites is 1. The van der Waals surface area contributed by atoms with E-state index in [1.165, 1.54) is 0 Å². The van der Waals surface area contributed by atoms with E-state index in [1.807, 2.05) is 0 Å². The van der Waals surface area contributed by atoms with Crippen molar-refractivity contribution >= 4 is 21.6 Å². The van der Waals surface area contributed by atoms with Crippen molar-refractivity contribution in [2.75, 3.05) is 17.8 Å². The normalized spacial score (nSPS) is 15.5. The van der Waals surface area contributed by atoms with Gasteiger partial charge in [0.2, 0.25) is 0 Å². The minimum absolute atomic E-state index is 0.00882. The van der Waals surface area contributed by atoms with Crippen LogP contribution in [0.1, 0.15) is 47.5 Å². The summed E-state index contributed by atoms with van der Waals surface area (Å²) in [6.45, 7) is 4.51. The van der Waals surface area contributed by atoms with Gasteiger partial charge in [-0.05, 0) is 38.8 Å². The lowest BCUT2D eigenvalue weighted by Gasteiger charge is -2.22. The summed E-state index contributed by atoms with van der Waals surface area (Å²) in [4.78, 5) is 14.8. The molecule has 26 heavy (non-hydrogen) atoms. The van der Waals surface area contributed by atoms with Crippen LogP contribution in [0.15, 0.2) is 33.7 Å². The molecule has 1 amide bonds. The number of benzene rings is 1. The van der Waals surface area contributed by atoms with Gasteiger partial charge >= 0.3 is 0 Å². The molecule has 1 aliphatic heterocycles. The van der Waals surface area contributed by atoms with Gasteiger partial charge in [-0.15, -0.1) is 0 Å². The summed E-state index contributed by atoms with van der Waals surface area (Å²) in [6.07, 6.45) is 4.17. The van der Waals surface area contributed by atoms with Crippen molar-refractivity contribution in [3.05, 3.63) is 41.3 Å². The number of likely N-dealkylation sites (tertiary alicyclic amines) is 1. The van der Waals surface area contributed by atoms with E-state index in [0.29, 0.717) is 18.7 Å². The van der Waals surface area contributed by atoms with Gasteiger partial charge in [-0.3, -0.25) is 9.52 Å². The smallest absolute Gasteiger partial charge is 0.267 e. The highest BCUT2D eigenvalue weighted by Gasteiger charge is 2.27. The third-order valence-corrected chi connectivity index (χ3v) is 6.14. The number of aryl methyl sites for hydroxylation is 2. The summed E-state index contributed by atoms with van der Waals surface area (Å²) in [5.41, 5.74) is 0.901. The van der Waals surface area contributed by atoms with Crippen molar-refractivity contribution in [1.29, 1.82) is 0 Å². The topological polar surface area (TPSA) is 92.5 Å². The van der Waals surface area contributed by atoms with Crippen LogP contribution < -0.4 is 4.72 Å². The molecule has 0 unspecified atom stereocenters. The summed E-state index contributed by atoms with van der Waals surface area (Å²) in [7, 11) is -3.90. The maximum absolute atomic E-state index is 12.9. The van der Waals surface area contributed by atoms with E-state index >= 15 is 0 Å². The summed E-state index contributed by atoms with van der Waals surface area (Å²) in [5.74, 6) is 0.0651. The first kappa shape index (κ1) is 18.4. The number of anilines is 1. The lowest BCUT2D eigenvalue weighted by molar-refractivity contribution is 0.0762. The van der Waals surface area contributed by atoms with Crippen LogP contribution in [0.2, 0.25) is 0 Å². The number of carbonyl (C=O) groups is 1. The number of rotatable bonds is 4. The van der Waals surface area contributed by atoms with E-state index in [4.69, 9.17) is 4.52 Å². The Labute approximate surface area is 153 Å². The molecule has 0 aliphatic carbocycles. The number of carbonyl (C=O) groups excluding carboxylic acids is 1. The zero-order valence-corrected chi connectivity index (χ0v) is 15.8. The predicted octanol–water partition coefficient (Wildman–Crippen LogP) is 3.11. The number of amides is 1. The van der Waals surface area contributed by atoms with Crippen molar-refractivity contribution in [1.82, 2.24) is 10.1 Å². The number of nitrogens with zero attached hydrogens (tertiary/aromatic N) is 2. The van der Waals surface area contributed by atoms with Crippen molar-refractivity contribution in [2.24, 2.45) is 0 Å². The minimum Gasteiger partial charge on any atom is -0.360 e. The van der Waals surface area contributed by atoms with Gasteiger partial charge in [0, 0.05) is 13.1 Å². The Morgan fingerprint density at radius 2 is 1.77 bits per heavy atom. The van der Waals surface area contributed by atoms with Crippen molar-refractivity contribution in [2.45, 2.75) is 44.4 Å². The van der Waals surface area contributed by atoms with Crippen LogP contribution in [0, 0.1) is 13.8 Å². The molecule has 8 heteroatoms. The molecular weight excluding hydrogens is 354 g/mol. The van der Waals surface area contributed by atoms with E-state index in [2.05, 4.69) is 9.88 Å². The molecule has 1 aromatic carbocycles. The van der Waals surface area contributed by atoms with Gasteiger partial charge in [-0.1, -0.05) is 30.1 Å². The fourth-order valence-corrected chi connectivity index (χ4v) is 4.67. The van der Waals surface area contributed by atoms with Crippen LogP contribution >= 0.6 is 0 Å². The lowest BCUT2D eigenvalue weighted by atomic mass is 10.1. The first-order chi connectivity index (χ1) is 12.4. The average Bonchev–Trinajstić information content (AvgIpc) is 2.80. The Morgan fingerprint density at radius 1 is 1.12 bits per heavy atom. The molecule has 1 aliphatic rings. The number of nitrogens with one attached hydrogen (secondary N) is 1. The quantitative estimate of drug-likeness (QED) is 0.884. The van der Waals surface area contributed by atoms with E-state index in [9.17, 15) is 13.2 Å². The second kappa shape index (κ2) is 7.49. The Balaban J connectivity index is 1.91. The lowest BCUT2D eigenvalue weighted by Crippen LogP contribution is -2.32. The number of hydrogen-bond acceptors (Lipinski definition) is 5. The molecule has 7 nitrogen and oxygen atoms in total. The first-order valence-electron chi connectivity index (χ1n) is 8.74. The molecule has 3 rings (SSSR count). The van der Waals surface area contributed by atoms with Crippen molar-refractivity contribution in [3.8, 4) is 0 Å². The molecule has 0 spiro atoms. The Morgan fingerprint density at radius 3 is 2.38 bits per heavy atom. The molecule has 2 heterocycles. The molecule has 0 saturated carbocycles. The number of aromatic nitrogens is 1. The van der Waals surface area contributed by atoms with Gasteiger partial charge < -0.3 is 9.42 Å². The highest BCUT2D eigenvalue weighted by atomic mass is 32.2. The van der Waals surface area contributed by atoms with Crippen LogP contribution in [0.3, 0.4) is 0 Å². The average molecular weight is 377 g/mol. The van der Waals surface area contributed by atoms with Gasteiger partial charge in [-0.25, -0.2) is 8.42 Å². The highest BCUT2D eigenvalue weighted by Crippen LogP contribution is 2.25. The molecule has 1 aromatic heterocycles. The summed E-state index contributed by atoms with van der Waals surface area (Å²) in [6, 6.07) is 6.68. The third-order valence-electron chi connectivity index (χ3n) is 4.53. The Hall–Kier alpha value is -2.35. The van der Waals surface area contributed by atoms with E-state index in [-0.39, 0.29) is 27.9 Å². The van der Waals surface area contributed by atoms with Gasteiger partial charge in [0.15, 0.2) is 10.7 Å². The maximum Gasteiger partial charge on any atom is 0.267 e. The van der Waals surface area contributed by atoms with Crippen LogP contribution in [0.5, 0.6) is 0 Å². The largest absolute Gasteiger partial charge is 0.360 e. The van der Waals surface area contributed by atoms with E-state index in [1.54, 1.807) is 43.0 Å². The van der Waals surface area contributed by atoms with Gasteiger partial charge in [-0.2, -0.15) is 0 Å². The fourth-order valence-electron chi connectivity index (χ4n) is 3.26. The summed E-state index contributed by atoms with van der Waals surface area (Å²) < 4.78 is 33.0. The zero-order chi connectivity index (χ0) is 18.7. The second-order valence-corrected chi connectivity index (χ2v) is 8.13. The predicted molar refractivity (Wildman–Crippen MR) is 97.6 cm³/mol. The molecule has 0 bridgehead atoms. The SMILES string of the molecule is Cc1noc(C)c1S(=O)(=O)Nc1ccccc1C(=O)N1CCCCCC1. The van der Waals surface area contributed by atoms with E-state index < -0.39 is 10.0 Å². The zero-order valence-electron chi connectivity index (χ0n) is 15.0. The molecule has 2 aromatic rings. The molecule has 0 atom stereocenters. The first-order valence-corrected chi connectivity index (χ1v) is 10.2. The Kier molecular flexibility index (Phi) is 5.31. The summed E-state index contributed by atoms with van der Waals surface area (Å²) >= 11 is 0. The van der Waals surface area contributed by atoms with Gasteiger partial charge in [0.25, 0.3) is 15.9 Å². The number of sulfonamides is 1. The minimum atomic E-state index is -3.90. The van der Waals surface area contributed by atoms with Gasteiger partial charge in [0.05, 0.1) is 11.3 Å². The molecule has 1 saturated heterocycles. The van der Waals surface area contributed by atoms with Crippen LogP contribution in [0.4, 0.5) is 5.69 Å². The van der Waals surface area contributed by atoms with Crippen LogP contribution in [-0.2, 0) is 10.0 Å². The van der Waals surface area contributed by atoms with Crippen molar-refractivity contribution < 1.29 is 17.7 Å². The molecule has 0 radical (unpaired) electrons. The molecular formula is C18H23N3O4S. The van der Waals surface area contributed by atoms with Crippen molar-refractivity contribution in [3.63, 3.8) is 0 Å². The van der Waals surface area contributed by atoms with E-state index in [0.717, 1.165) is 25.7 Å².